The summed E-state index contributed by atoms with van der Waals surface area (Å²) < 4.78 is 5.12. The van der Waals surface area contributed by atoms with Crippen molar-refractivity contribution >= 4 is 0 Å². The summed E-state index contributed by atoms with van der Waals surface area (Å²) in [4.78, 5) is 6.77. The average molecular weight is 266 g/mol. The molecule has 1 aliphatic heterocycles. The smallest absolute Gasteiger partial charge is 0.227 e. The zero-order valence-corrected chi connectivity index (χ0v) is 12.4. The van der Waals surface area contributed by atoms with Crippen LogP contribution in [0.15, 0.2) is 4.52 Å². The third kappa shape index (κ3) is 4.28. The van der Waals surface area contributed by atoms with E-state index in [1.54, 1.807) is 0 Å². The Hall–Kier alpha value is -0.940. The Morgan fingerprint density at radius 3 is 3.05 bits per heavy atom. The van der Waals surface area contributed by atoms with Crippen molar-refractivity contribution in [1.29, 1.82) is 0 Å². The highest BCUT2D eigenvalue weighted by Gasteiger charge is 2.23. The van der Waals surface area contributed by atoms with Gasteiger partial charge in [-0.2, -0.15) is 4.98 Å². The summed E-state index contributed by atoms with van der Waals surface area (Å²) in [7, 11) is 0. The number of rotatable bonds is 6. The lowest BCUT2D eigenvalue weighted by molar-refractivity contribution is 0.157. The molecule has 0 aliphatic carbocycles. The average Bonchev–Trinajstić information content (AvgIpc) is 2.84. The molecule has 0 saturated carbocycles. The molecule has 108 valence electrons. The molecule has 1 aromatic heterocycles. The highest BCUT2D eigenvalue weighted by molar-refractivity contribution is 4.85. The quantitative estimate of drug-likeness (QED) is 0.848. The van der Waals surface area contributed by atoms with Crippen LogP contribution in [0, 0.1) is 12.8 Å². The number of likely N-dealkylation sites (tertiary alicyclic amines) is 1. The summed E-state index contributed by atoms with van der Waals surface area (Å²) >= 11 is 0. The lowest BCUT2D eigenvalue weighted by Crippen LogP contribution is -2.44. The number of hydrogen-bond acceptors (Lipinski definition) is 5. The van der Waals surface area contributed by atoms with Crippen LogP contribution in [0.4, 0.5) is 0 Å². The molecule has 0 radical (unpaired) electrons. The predicted octanol–water partition coefficient (Wildman–Crippen LogP) is 1.63. The first kappa shape index (κ1) is 14.5. The summed E-state index contributed by atoms with van der Waals surface area (Å²) in [6.07, 6.45) is 3.48. The zero-order chi connectivity index (χ0) is 13.7. The van der Waals surface area contributed by atoms with Gasteiger partial charge in [-0.3, -0.25) is 0 Å². The van der Waals surface area contributed by atoms with Crippen molar-refractivity contribution in [1.82, 2.24) is 20.4 Å². The van der Waals surface area contributed by atoms with Gasteiger partial charge in [0.15, 0.2) is 5.82 Å². The third-order valence-electron chi connectivity index (χ3n) is 4.07. The van der Waals surface area contributed by atoms with Crippen LogP contribution in [0.3, 0.4) is 0 Å². The first-order chi connectivity index (χ1) is 9.19. The number of hydrogen-bond donors (Lipinski definition) is 1. The lowest BCUT2D eigenvalue weighted by atomic mass is 9.91. The van der Waals surface area contributed by atoms with E-state index in [1.165, 1.54) is 32.5 Å². The molecule has 19 heavy (non-hydrogen) atoms. The van der Waals surface area contributed by atoms with E-state index in [0.29, 0.717) is 11.9 Å². The summed E-state index contributed by atoms with van der Waals surface area (Å²) in [5.74, 6) is 2.21. The van der Waals surface area contributed by atoms with Gasteiger partial charge in [-0.15, -0.1) is 0 Å². The normalized spacial score (nSPS) is 22.6. The van der Waals surface area contributed by atoms with Gasteiger partial charge in [-0.1, -0.05) is 12.1 Å². The van der Waals surface area contributed by atoms with Gasteiger partial charge in [-0.05, 0) is 45.7 Å². The predicted molar refractivity (Wildman–Crippen MR) is 75.0 cm³/mol. The summed E-state index contributed by atoms with van der Waals surface area (Å²) in [5, 5.41) is 7.40. The summed E-state index contributed by atoms with van der Waals surface area (Å²) in [5.41, 5.74) is 0. The van der Waals surface area contributed by atoms with Gasteiger partial charge in [0.2, 0.25) is 5.89 Å². The van der Waals surface area contributed by atoms with Crippen LogP contribution < -0.4 is 5.32 Å². The maximum Gasteiger partial charge on any atom is 0.227 e. The van der Waals surface area contributed by atoms with Crippen molar-refractivity contribution in [2.75, 3.05) is 26.2 Å². The van der Waals surface area contributed by atoms with E-state index in [4.69, 9.17) is 4.52 Å². The van der Waals surface area contributed by atoms with Crippen molar-refractivity contribution in [3.63, 3.8) is 0 Å². The number of aryl methyl sites for hydroxylation is 1. The van der Waals surface area contributed by atoms with Crippen LogP contribution in [0.1, 0.15) is 38.4 Å². The Balaban J connectivity index is 1.70. The van der Waals surface area contributed by atoms with Gasteiger partial charge in [0.05, 0.1) is 0 Å². The Morgan fingerprint density at radius 1 is 1.53 bits per heavy atom. The van der Waals surface area contributed by atoms with Crippen LogP contribution in [-0.2, 0) is 6.42 Å². The fourth-order valence-corrected chi connectivity index (χ4v) is 2.80. The second-order valence-corrected chi connectivity index (χ2v) is 5.52. The van der Waals surface area contributed by atoms with E-state index in [-0.39, 0.29) is 0 Å². The van der Waals surface area contributed by atoms with Crippen molar-refractivity contribution < 1.29 is 4.52 Å². The molecule has 1 aliphatic rings. The Morgan fingerprint density at radius 2 is 2.37 bits per heavy atom. The van der Waals surface area contributed by atoms with Gasteiger partial charge in [-0.25, -0.2) is 0 Å². The Bertz CT molecular complexity index is 379. The fraction of sp³-hybridized carbons (Fsp3) is 0.857. The molecule has 2 atom stereocenters. The molecule has 1 aromatic rings. The van der Waals surface area contributed by atoms with Gasteiger partial charge in [0.1, 0.15) is 0 Å². The highest BCUT2D eigenvalue weighted by atomic mass is 16.5. The second kappa shape index (κ2) is 7.01. The van der Waals surface area contributed by atoms with E-state index in [2.05, 4.69) is 34.2 Å². The van der Waals surface area contributed by atoms with E-state index in [9.17, 15) is 0 Å². The first-order valence-electron chi connectivity index (χ1n) is 7.44. The topological polar surface area (TPSA) is 54.2 Å². The van der Waals surface area contributed by atoms with Gasteiger partial charge in [0, 0.05) is 25.6 Å². The molecule has 0 amide bonds. The van der Waals surface area contributed by atoms with Crippen LogP contribution in [-0.4, -0.2) is 47.3 Å². The molecule has 2 heterocycles. The van der Waals surface area contributed by atoms with E-state index in [0.717, 1.165) is 24.8 Å². The maximum absolute atomic E-state index is 5.12. The van der Waals surface area contributed by atoms with Crippen LogP contribution in [0.5, 0.6) is 0 Å². The SMILES string of the molecule is CCN1CCCC(C(C)NCCc2nc(C)no2)C1. The zero-order valence-electron chi connectivity index (χ0n) is 12.4. The van der Waals surface area contributed by atoms with Gasteiger partial charge < -0.3 is 14.7 Å². The minimum atomic E-state index is 0.554. The number of nitrogens with zero attached hydrogens (tertiary/aromatic N) is 3. The lowest BCUT2D eigenvalue weighted by Gasteiger charge is -2.35. The molecular formula is C14H26N4O. The molecule has 0 spiro atoms. The number of nitrogens with one attached hydrogen (secondary N) is 1. The first-order valence-corrected chi connectivity index (χ1v) is 7.44. The number of piperidine rings is 1. The molecule has 5 heteroatoms. The molecule has 1 N–H and O–H groups in total. The van der Waals surface area contributed by atoms with E-state index >= 15 is 0 Å². The van der Waals surface area contributed by atoms with Crippen molar-refractivity contribution in [3.8, 4) is 0 Å². The molecule has 1 fully saturated rings. The largest absolute Gasteiger partial charge is 0.339 e. The minimum absolute atomic E-state index is 0.554. The Labute approximate surface area is 115 Å². The van der Waals surface area contributed by atoms with Crippen LogP contribution in [0.25, 0.3) is 0 Å². The van der Waals surface area contributed by atoms with E-state index < -0.39 is 0 Å². The molecule has 2 unspecified atom stereocenters. The van der Waals surface area contributed by atoms with Gasteiger partial charge in [0.25, 0.3) is 0 Å². The monoisotopic (exact) mass is 266 g/mol. The molecule has 0 bridgehead atoms. The number of aromatic nitrogens is 2. The highest BCUT2D eigenvalue weighted by Crippen LogP contribution is 2.19. The van der Waals surface area contributed by atoms with Crippen molar-refractivity contribution in [2.24, 2.45) is 5.92 Å². The van der Waals surface area contributed by atoms with Crippen LogP contribution in [0.2, 0.25) is 0 Å². The van der Waals surface area contributed by atoms with Crippen molar-refractivity contribution in [3.05, 3.63) is 11.7 Å². The third-order valence-corrected chi connectivity index (χ3v) is 4.07. The van der Waals surface area contributed by atoms with Gasteiger partial charge >= 0.3 is 0 Å². The van der Waals surface area contributed by atoms with Crippen LogP contribution >= 0.6 is 0 Å². The van der Waals surface area contributed by atoms with Crippen molar-refractivity contribution in [2.45, 2.75) is 46.1 Å². The molecular weight excluding hydrogens is 240 g/mol. The summed E-state index contributed by atoms with van der Waals surface area (Å²) in [6, 6.07) is 0.554. The summed E-state index contributed by atoms with van der Waals surface area (Å²) in [6.45, 7) is 11.0. The Kier molecular flexibility index (Phi) is 5.34. The maximum atomic E-state index is 5.12. The molecule has 1 saturated heterocycles. The van der Waals surface area contributed by atoms with E-state index in [1.807, 2.05) is 6.92 Å². The molecule has 0 aromatic carbocycles. The standard InChI is InChI=1S/C14H26N4O/c1-4-18-9-5-6-13(10-18)11(2)15-8-7-14-16-12(3)17-19-14/h11,13,15H,4-10H2,1-3H3. The minimum Gasteiger partial charge on any atom is -0.339 e. The molecule has 5 nitrogen and oxygen atoms in total. The second-order valence-electron chi connectivity index (χ2n) is 5.52. The molecule has 2 rings (SSSR count). The fourth-order valence-electron chi connectivity index (χ4n) is 2.80.